The van der Waals surface area contributed by atoms with Crippen molar-refractivity contribution in [2.75, 3.05) is 6.54 Å². The van der Waals surface area contributed by atoms with Crippen LogP contribution in [0, 0.1) is 6.92 Å². The first-order valence-corrected chi connectivity index (χ1v) is 5.94. The molecule has 0 aliphatic carbocycles. The summed E-state index contributed by atoms with van der Waals surface area (Å²) in [6.07, 6.45) is 1.52. The first kappa shape index (κ1) is 11.9. The number of carbonyl (C=O) groups is 1. The third-order valence-electron chi connectivity index (χ3n) is 3.11. The maximum atomic E-state index is 11.0. The Bertz CT molecular complexity index is 418. The quantitative estimate of drug-likeness (QED) is 0.730. The van der Waals surface area contributed by atoms with Crippen molar-refractivity contribution in [1.82, 2.24) is 10.6 Å². The Morgan fingerprint density at radius 2 is 2.35 bits per heavy atom. The molecule has 1 aliphatic heterocycles. The summed E-state index contributed by atoms with van der Waals surface area (Å²) in [5, 5.41) is 16.0. The lowest BCUT2D eigenvalue weighted by Crippen LogP contribution is -2.35. The normalized spacial score (nSPS) is 19.4. The van der Waals surface area contributed by atoms with Crippen molar-refractivity contribution in [3.8, 4) is 5.75 Å². The van der Waals surface area contributed by atoms with Gasteiger partial charge in [0.05, 0.1) is 0 Å². The number of carbonyl (C=O) groups excluding carboxylic acids is 1. The van der Waals surface area contributed by atoms with Crippen molar-refractivity contribution in [3.05, 3.63) is 29.3 Å². The number of hydrogen-bond donors (Lipinski definition) is 3. The summed E-state index contributed by atoms with van der Waals surface area (Å²) in [6, 6.07) is 5.96. The number of phenolic OH excluding ortho intramolecular Hbond substituents is 1. The van der Waals surface area contributed by atoms with Crippen molar-refractivity contribution in [3.63, 3.8) is 0 Å². The van der Waals surface area contributed by atoms with Crippen LogP contribution in [0.3, 0.4) is 0 Å². The number of aryl methyl sites for hydroxylation is 1. The molecule has 1 heterocycles. The first-order chi connectivity index (χ1) is 8.16. The van der Waals surface area contributed by atoms with E-state index in [1.807, 2.05) is 25.1 Å². The highest BCUT2D eigenvalue weighted by Gasteiger charge is 2.19. The van der Waals surface area contributed by atoms with E-state index in [2.05, 4.69) is 10.6 Å². The topological polar surface area (TPSA) is 61.4 Å². The van der Waals surface area contributed by atoms with Gasteiger partial charge in [0.1, 0.15) is 5.75 Å². The van der Waals surface area contributed by atoms with Crippen molar-refractivity contribution in [1.29, 1.82) is 0 Å². The van der Waals surface area contributed by atoms with Crippen molar-refractivity contribution in [2.45, 2.75) is 32.4 Å². The molecule has 4 nitrogen and oxygen atoms in total. The van der Waals surface area contributed by atoms with E-state index in [0.717, 1.165) is 24.1 Å². The van der Waals surface area contributed by atoms with E-state index >= 15 is 0 Å². The lowest BCUT2D eigenvalue weighted by atomic mass is 10.1. The SMILES string of the molecule is Cc1cccc(CNCC2CCC(=O)N2)c1O. The minimum Gasteiger partial charge on any atom is -0.507 e. The molecule has 0 radical (unpaired) electrons. The van der Waals surface area contributed by atoms with Gasteiger partial charge in [-0.05, 0) is 18.9 Å². The average Bonchev–Trinajstić information content (AvgIpc) is 2.70. The van der Waals surface area contributed by atoms with Crippen LogP contribution in [0.4, 0.5) is 0 Å². The monoisotopic (exact) mass is 234 g/mol. The molecule has 0 spiro atoms. The van der Waals surface area contributed by atoms with Crippen LogP contribution in [0.1, 0.15) is 24.0 Å². The number of amides is 1. The van der Waals surface area contributed by atoms with E-state index in [9.17, 15) is 9.90 Å². The molecule has 1 amide bonds. The number of nitrogens with one attached hydrogen (secondary N) is 2. The van der Waals surface area contributed by atoms with Crippen LogP contribution >= 0.6 is 0 Å². The Morgan fingerprint density at radius 1 is 1.53 bits per heavy atom. The molecule has 2 rings (SSSR count). The predicted octanol–water partition coefficient (Wildman–Crippen LogP) is 1.07. The molecule has 1 saturated heterocycles. The van der Waals surface area contributed by atoms with E-state index in [4.69, 9.17) is 0 Å². The van der Waals surface area contributed by atoms with Crippen LogP contribution < -0.4 is 10.6 Å². The van der Waals surface area contributed by atoms with Crippen LogP contribution in [0.5, 0.6) is 5.75 Å². The fourth-order valence-corrected chi connectivity index (χ4v) is 2.07. The van der Waals surface area contributed by atoms with E-state index in [1.54, 1.807) is 0 Å². The molecule has 1 aromatic rings. The second-order valence-electron chi connectivity index (χ2n) is 4.52. The zero-order valence-corrected chi connectivity index (χ0v) is 9.99. The van der Waals surface area contributed by atoms with Gasteiger partial charge in [0.25, 0.3) is 0 Å². The van der Waals surface area contributed by atoms with Gasteiger partial charge in [-0.3, -0.25) is 4.79 Å². The zero-order valence-electron chi connectivity index (χ0n) is 9.99. The van der Waals surface area contributed by atoms with Crippen LogP contribution in [0.2, 0.25) is 0 Å². The van der Waals surface area contributed by atoms with Crippen LogP contribution in [0.25, 0.3) is 0 Å². The average molecular weight is 234 g/mol. The second kappa shape index (κ2) is 5.19. The first-order valence-electron chi connectivity index (χ1n) is 5.94. The van der Waals surface area contributed by atoms with E-state index < -0.39 is 0 Å². The molecule has 1 fully saturated rings. The molecule has 1 aliphatic rings. The minimum atomic E-state index is 0.134. The van der Waals surface area contributed by atoms with Crippen molar-refractivity contribution < 1.29 is 9.90 Å². The molecular weight excluding hydrogens is 216 g/mol. The summed E-state index contributed by atoms with van der Waals surface area (Å²) in [5.74, 6) is 0.491. The number of para-hydroxylation sites is 1. The molecule has 92 valence electrons. The highest BCUT2D eigenvalue weighted by molar-refractivity contribution is 5.78. The number of hydrogen-bond acceptors (Lipinski definition) is 3. The summed E-state index contributed by atoms with van der Waals surface area (Å²) >= 11 is 0. The Morgan fingerprint density at radius 3 is 3.06 bits per heavy atom. The summed E-state index contributed by atoms with van der Waals surface area (Å²) in [5.41, 5.74) is 1.78. The summed E-state index contributed by atoms with van der Waals surface area (Å²) in [7, 11) is 0. The predicted molar refractivity (Wildman–Crippen MR) is 65.7 cm³/mol. The second-order valence-corrected chi connectivity index (χ2v) is 4.52. The molecule has 17 heavy (non-hydrogen) atoms. The van der Waals surface area contributed by atoms with Crippen LogP contribution in [0.15, 0.2) is 18.2 Å². The van der Waals surface area contributed by atoms with E-state index in [-0.39, 0.29) is 11.9 Å². The Labute approximate surface area is 101 Å². The zero-order chi connectivity index (χ0) is 12.3. The molecule has 4 heteroatoms. The van der Waals surface area contributed by atoms with Gasteiger partial charge in [-0.1, -0.05) is 18.2 Å². The lowest BCUT2D eigenvalue weighted by Gasteiger charge is -2.12. The van der Waals surface area contributed by atoms with E-state index in [0.29, 0.717) is 18.7 Å². The number of rotatable bonds is 4. The van der Waals surface area contributed by atoms with Gasteiger partial charge >= 0.3 is 0 Å². The maximum absolute atomic E-state index is 11.0. The molecule has 3 N–H and O–H groups in total. The van der Waals surface area contributed by atoms with E-state index in [1.165, 1.54) is 0 Å². The molecule has 0 bridgehead atoms. The number of benzene rings is 1. The van der Waals surface area contributed by atoms with Gasteiger partial charge in [0.2, 0.25) is 5.91 Å². The molecule has 0 aromatic heterocycles. The fourth-order valence-electron chi connectivity index (χ4n) is 2.07. The van der Waals surface area contributed by atoms with Gasteiger partial charge in [0, 0.05) is 31.1 Å². The summed E-state index contributed by atoms with van der Waals surface area (Å²) in [4.78, 5) is 11.0. The molecule has 0 saturated carbocycles. The number of aromatic hydroxyl groups is 1. The largest absolute Gasteiger partial charge is 0.507 e. The van der Waals surface area contributed by atoms with Crippen molar-refractivity contribution in [2.24, 2.45) is 0 Å². The standard InChI is InChI=1S/C13H18N2O2/c1-9-3-2-4-10(13(9)17)7-14-8-11-5-6-12(16)15-11/h2-4,11,14,17H,5-8H2,1H3,(H,15,16). The van der Waals surface area contributed by atoms with Gasteiger partial charge in [-0.15, -0.1) is 0 Å². The third-order valence-corrected chi connectivity index (χ3v) is 3.11. The highest BCUT2D eigenvalue weighted by atomic mass is 16.3. The lowest BCUT2D eigenvalue weighted by molar-refractivity contribution is -0.119. The Balaban J connectivity index is 1.82. The van der Waals surface area contributed by atoms with Gasteiger partial charge in [0.15, 0.2) is 0 Å². The maximum Gasteiger partial charge on any atom is 0.220 e. The van der Waals surface area contributed by atoms with Gasteiger partial charge in [-0.2, -0.15) is 0 Å². The molecule has 1 atom stereocenters. The molecular formula is C13H18N2O2. The fraction of sp³-hybridized carbons (Fsp3) is 0.462. The Hall–Kier alpha value is -1.55. The smallest absolute Gasteiger partial charge is 0.220 e. The molecule has 1 aromatic carbocycles. The van der Waals surface area contributed by atoms with Crippen LogP contribution in [-0.2, 0) is 11.3 Å². The van der Waals surface area contributed by atoms with Crippen molar-refractivity contribution >= 4 is 5.91 Å². The van der Waals surface area contributed by atoms with Crippen LogP contribution in [-0.4, -0.2) is 23.6 Å². The summed E-state index contributed by atoms with van der Waals surface area (Å²) in [6.45, 7) is 3.26. The summed E-state index contributed by atoms with van der Waals surface area (Å²) < 4.78 is 0. The molecule has 1 unspecified atom stereocenters. The van der Waals surface area contributed by atoms with Gasteiger partial charge < -0.3 is 15.7 Å². The highest BCUT2D eigenvalue weighted by Crippen LogP contribution is 2.20. The minimum absolute atomic E-state index is 0.134. The Kier molecular flexibility index (Phi) is 3.64. The van der Waals surface area contributed by atoms with Gasteiger partial charge in [-0.25, -0.2) is 0 Å². The third kappa shape index (κ3) is 2.97. The number of phenols is 1.